The number of rotatable bonds is 6. The second-order valence-corrected chi connectivity index (χ2v) is 5.86. The average molecular weight is 335 g/mol. The zero-order chi connectivity index (χ0) is 17.5. The Kier molecular flexibility index (Phi) is 6.28. The van der Waals surface area contributed by atoms with Gasteiger partial charge in [-0.1, -0.05) is 6.07 Å². The highest BCUT2D eigenvalue weighted by molar-refractivity contribution is 5.79. The summed E-state index contributed by atoms with van der Waals surface area (Å²) in [5.74, 6) is 0.769. The summed E-state index contributed by atoms with van der Waals surface area (Å²) < 4.78 is 10.5. The van der Waals surface area contributed by atoms with Gasteiger partial charge in [0.2, 0.25) is 5.91 Å². The molecule has 0 aromatic heterocycles. The van der Waals surface area contributed by atoms with Crippen LogP contribution in [0.4, 0.5) is 4.79 Å². The van der Waals surface area contributed by atoms with E-state index in [0.717, 1.165) is 18.4 Å². The van der Waals surface area contributed by atoms with Gasteiger partial charge in [-0.3, -0.25) is 4.79 Å². The van der Waals surface area contributed by atoms with Gasteiger partial charge < -0.3 is 25.4 Å². The number of likely N-dealkylation sites (tertiary alicyclic amines) is 1. The zero-order valence-electron chi connectivity index (χ0n) is 14.2. The lowest BCUT2D eigenvalue weighted by Gasteiger charge is -2.31. The maximum Gasteiger partial charge on any atom is 0.317 e. The molecule has 3 N–H and O–H groups in total. The van der Waals surface area contributed by atoms with Gasteiger partial charge in [-0.25, -0.2) is 4.79 Å². The van der Waals surface area contributed by atoms with Crippen LogP contribution < -0.4 is 20.5 Å². The quantitative estimate of drug-likeness (QED) is 0.815. The molecule has 1 aliphatic heterocycles. The standard InChI is InChI=1S/C17H25N3O4/c1-23-14-6-5-12(10-15(14)24-2)7-8-19-17(22)20-9-3-4-13(11-20)16(18)21/h5-6,10,13H,3-4,7-9,11H2,1-2H3,(H2,18,21)(H,19,22)/t13-/m1/s1. The number of benzene rings is 1. The van der Waals surface area contributed by atoms with Crippen molar-refractivity contribution in [1.82, 2.24) is 10.2 Å². The van der Waals surface area contributed by atoms with Gasteiger partial charge in [-0.05, 0) is 37.0 Å². The first-order valence-electron chi connectivity index (χ1n) is 8.08. The van der Waals surface area contributed by atoms with E-state index in [9.17, 15) is 9.59 Å². The number of carbonyl (C=O) groups excluding carboxylic acids is 2. The molecule has 2 rings (SSSR count). The highest BCUT2D eigenvalue weighted by Crippen LogP contribution is 2.27. The number of primary amides is 1. The first-order valence-corrected chi connectivity index (χ1v) is 8.08. The Bertz CT molecular complexity index is 591. The maximum absolute atomic E-state index is 12.2. The fraction of sp³-hybridized carbons (Fsp3) is 0.529. The third-order valence-corrected chi connectivity index (χ3v) is 4.25. The van der Waals surface area contributed by atoms with Crippen molar-refractivity contribution >= 4 is 11.9 Å². The molecule has 7 nitrogen and oxygen atoms in total. The van der Waals surface area contributed by atoms with E-state index in [1.165, 1.54) is 0 Å². The lowest BCUT2D eigenvalue weighted by Crippen LogP contribution is -2.48. The summed E-state index contributed by atoms with van der Waals surface area (Å²) in [6.45, 7) is 1.57. The van der Waals surface area contributed by atoms with Gasteiger partial charge >= 0.3 is 6.03 Å². The van der Waals surface area contributed by atoms with Crippen molar-refractivity contribution in [3.05, 3.63) is 23.8 Å². The fourth-order valence-electron chi connectivity index (χ4n) is 2.86. The van der Waals surface area contributed by atoms with Crippen LogP contribution in [0.3, 0.4) is 0 Å². The highest BCUT2D eigenvalue weighted by atomic mass is 16.5. The third kappa shape index (κ3) is 4.53. The molecule has 1 aromatic rings. The molecule has 1 saturated heterocycles. The Morgan fingerprint density at radius 3 is 2.71 bits per heavy atom. The summed E-state index contributed by atoms with van der Waals surface area (Å²) in [7, 11) is 3.19. The number of piperidine rings is 1. The molecule has 1 aliphatic rings. The molecule has 0 bridgehead atoms. The van der Waals surface area contributed by atoms with Crippen LogP contribution in [0.1, 0.15) is 18.4 Å². The summed E-state index contributed by atoms with van der Waals surface area (Å²) in [6.07, 6.45) is 2.24. The first-order chi connectivity index (χ1) is 11.5. The third-order valence-electron chi connectivity index (χ3n) is 4.25. The maximum atomic E-state index is 12.2. The van der Waals surface area contributed by atoms with Crippen LogP contribution in [0, 0.1) is 5.92 Å². The molecule has 1 heterocycles. The van der Waals surface area contributed by atoms with Crippen LogP contribution >= 0.6 is 0 Å². The molecule has 1 atom stereocenters. The average Bonchev–Trinajstić information content (AvgIpc) is 2.61. The van der Waals surface area contributed by atoms with E-state index in [2.05, 4.69) is 5.32 Å². The largest absolute Gasteiger partial charge is 0.493 e. The number of carbonyl (C=O) groups is 2. The minimum absolute atomic E-state index is 0.151. The van der Waals surface area contributed by atoms with Crippen LogP contribution in [0.15, 0.2) is 18.2 Å². The molecule has 1 fully saturated rings. The molecule has 0 saturated carbocycles. The Morgan fingerprint density at radius 2 is 2.04 bits per heavy atom. The second kappa shape index (κ2) is 8.42. The Labute approximate surface area is 142 Å². The molecule has 7 heteroatoms. The molecule has 3 amide bonds. The normalized spacial score (nSPS) is 17.2. The summed E-state index contributed by atoms with van der Waals surface area (Å²) in [4.78, 5) is 25.1. The smallest absolute Gasteiger partial charge is 0.317 e. The monoisotopic (exact) mass is 335 g/mol. The zero-order valence-corrected chi connectivity index (χ0v) is 14.2. The number of nitrogens with one attached hydrogen (secondary N) is 1. The van der Waals surface area contributed by atoms with Gasteiger partial charge in [0, 0.05) is 19.6 Å². The van der Waals surface area contributed by atoms with E-state index in [4.69, 9.17) is 15.2 Å². The Hall–Kier alpha value is -2.44. The summed E-state index contributed by atoms with van der Waals surface area (Å²) in [5, 5.41) is 2.89. The van der Waals surface area contributed by atoms with Crippen LogP contribution in [0.25, 0.3) is 0 Å². The first kappa shape index (κ1) is 17.9. The van der Waals surface area contributed by atoms with Gasteiger partial charge in [0.15, 0.2) is 11.5 Å². The molecule has 24 heavy (non-hydrogen) atoms. The number of hydrogen-bond acceptors (Lipinski definition) is 4. The molecular formula is C17H25N3O4. The lowest BCUT2D eigenvalue weighted by atomic mass is 9.98. The van der Waals surface area contributed by atoms with E-state index in [0.29, 0.717) is 37.6 Å². The van der Waals surface area contributed by atoms with Gasteiger partial charge in [0.1, 0.15) is 0 Å². The van der Waals surface area contributed by atoms with Crippen molar-refractivity contribution in [3.63, 3.8) is 0 Å². The van der Waals surface area contributed by atoms with Crippen molar-refractivity contribution < 1.29 is 19.1 Å². The Morgan fingerprint density at radius 1 is 1.29 bits per heavy atom. The lowest BCUT2D eigenvalue weighted by molar-refractivity contribution is -0.123. The van der Waals surface area contributed by atoms with Crippen molar-refractivity contribution in [1.29, 1.82) is 0 Å². The summed E-state index contributed by atoms with van der Waals surface area (Å²) in [6, 6.07) is 5.53. The number of methoxy groups -OCH3 is 2. The van der Waals surface area contributed by atoms with Crippen molar-refractivity contribution in [2.75, 3.05) is 33.9 Å². The van der Waals surface area contributed by atoms with Crippen molar-refractivity contribution in [2.24, 2.45) is 11.7 Å². The van der Waals surface area contributed by atoms with Gasteiger partial charge in [-0.2, -0.15) is 0 Å². The second-order valence-electron chi connectivity index (χ2n) is 5.86. The number of nitrogens with two attached hydrogens (primary N) is 1. The molecule has 0 spiro atoms. The van der Waals surface area contributed by atoms with E-state index >= 15 is 0 Å². The van der Waals surface area contributed by atoms with Gasteiger partial charge in [-0.15, -0.1) is 0 Å². The van der Waals surface area contributed by atoms with E-state index in [-0.39, 0.29) is 17.9 Å². The van der Waals surface area contributed by atoms with Gasteiger partial charge in [0.05, 0.1) is 20.1 Å². The number of hydrogen-bond donors (Lipinski definition) is 2. The SMILES string of the molecule is COc1ccc(CCNC(=O)N2CCC[C@@H](C(N)=O)C2)cc1OC. The topological polar surface area (TPSA) is 93.9 Å². The number of nitrogens with zero attached hydrogens (tertiary/aromatic N) is 1. The van der Waals surface area contributed by atoms with Crippen LogP contribution in [-0.4, -0.2) is 50.7 Å². The van der Waals surface area contributed by atoms with Crippen molar-refractivity contribution in [3.8, 4) is 11.5 Å². The molecule has 132 valence electrons. The predicted molar refractivity (Wildman–Crippen MR) is 90.1 cm³/mol. The fourth-order valence-corrected chi connectivity index (χ4v) is 2.86. The minimum Gasteiger partial charge on any atom is -0.493 e. The van der Waals surface area contributed by atoms with E-state index < -0.39 is 0 Å². The molecule has 0 unspecified atom stereocenters. The predicted octanol–water partition coefficient (Wildman–Crippen LogP) is 1.15. The number of ether oxygens (including phenoxy) is 2. The van der Waals surface area contributed by atoms with Gasteiger partial charge in [0.25, 0.3) is 0 Å². The molecule has 1 aromatic carbocycles. The van der Waals surface area contributed by atoms with E-state index in [1.54, 1.807) is 19.1 Å². The molecule has 0 aliphatic carbocycles. The molecule has 0 radical (unpaired) electrons. The van der Waals surface area contributed by atoms with Crippen LogP contribution in [0.2, 0.25) is 0 Å². The number of amides is 3. The molecular weight excluding hydrogens is 310 g/mol. The summed E-state index contributed by atoms with van der Waals surface area (Å²) >= 11 is 0. The Balaban J connectivity index is 1.83. The summed E-state index contributed by atoms with van der Waals surface area (Å²) in [5.41, 5.74) is 6.38. The number of urea groups is 1. The van der Waals surface area contributed by atoms with Crippen molar-refractivity contribution in [2.45, 2.75) is 19.3 Å². The minimum atomic E-state index is -0.335. The van der Waals surface area contributed by atoms with Crippen LogP contribution in [-0.2, 0) is 11.2 Å². The van der Waals surface area contributed by atoms with E-state index in [1.807, 2.05) is 18.2 Å². The highest BCUT2D eigenvalue weighted by Gasteiger charge is 2.26. The van der Waals surface area contributed by atoms with Crippen LogP contribution in [0.5, 0.6) is 11.5 Å².